The molecule has 0 bridgehead atoms. The topological polar surface area (TPSA) is 96.9 Å². The maximum Gasteiger partial charge on any atom is 0.320 e. The second-order valence-corrected chi connectivity index (χ2v) is 6.14. The fourth-order valence-corrected chi connectivity index (χ4v) is 3.21. The van der Waals surface area contributed by atoms with Crippen LogP contribution in [0.3, 0.4) is 0 Å². The van der Waals surface area contributed by atoms with Gasteiger partial charge in [0, 0.05) is 27.2 Å². The number of carboxylic acids is 1. The molecule has 132 valence electrons. The molecule has 1 aliphatic heterocycles. The molecule has 23 heavy (non-hydrogen) atoms. The standard InChI is InChI=1S/C16H28N2O5/c1-6-7-11-8-12(15(20)21)18-13(11)14(17-10(2)19)16(3,23-5)9-22-4/h6-7,11-14,18H,8-9H2,1-5H3,(H,17,19)(H,20,21)/t11-,12-,13-,14-,16-/m1/s1. The third kappa shape index (κ3) is 4.76. The van der Waals surface area contributed by atoms with Crippen LogP contribution in [-0.2, 0) is 19.1 Å². The Bertz CT molecular complexity index is 454. The van der Waals surface area contributed by atoms with Gasteiger partial charge in [-0.1, -0.05) is 12.2 Å². The van der Waals surface area contributed by atoms with Gasteiger partial charge < -0.3 is 19.9 Å². The van der Waals surface area contributed by atoms with Crippen molar-refractivity contribution in [3.05, 3.63) is 12.2 Å². The number of allylic oxidation sites excluding steroid dienone is 1. The van der Waals surface area contributed by atoms with Gasteiger partial charge in [0.15, 0.2) is 0 Å². The third-order valence-electron chi connectivity index (χ3n) is 4.37. The first-order valence-corrected chi connectivity index (χ1v) is 7.72. The van der Waals surface area contributed by atoms with E-state index in [0.717, 1.165) is 0 Å². The summed E-state index contributed by atoms with van der Waals surface area (Å²) in [5.41, 5.74) is -0.786. The zero-order valence-electron chi connectivity index (χ0n) is 14.5. The lowest BCUT2D eigenvalue weighted by Gasteiger charge is -2.41. The number of carboxylic acid groups (broad SMARTS) is 1. The number of rotatable bonds is 8. The normalized spacial score (nSPS) is 28.5. The molecule has 1 heterocycles. The first-order valence-electron chi connectivity index (χ1n) is 7.72. The Hall–Kier alpha value is -1.44. The maximum atomic E-state index is 11.7. The molecule has 0 aromatic rings. The summed E-state index contributed by atoms with van der Waals surface area (Å²) >= 11 is 0. The number of methoxy groups -OCH3 is 2. The average molecular weight is 328 g/mol. The van der Waals surface area contributed by atoms with Crippen LogP contribution in [0.1, 0.15) is 27.2 Å². The Kier molecular flexibility index (Phi) is 7.18. The molecule has 1 rings (SSSR count). The van der Waals surface area contributed by atoms with E-state index in [2.05, 4.69) is 10.6 Å². The molecule has 1 saturated heterocycles. The lowest BCUT2D eigenvalue weighted by atomic mass is 9.84. The van der Waals surface area contributed by atoms with Crippen molar-refractivity contribution < 1.29 is 24.2 Å². The SMILES string of the molecule is CC=C[C@@H]1C[C@H](C(=O)O)N[C@H]1[C@@H](NC(C)=O)[C@@](C)(COC)OC. The van der Waals surface area contributed by atoms with Gasteiger partial charge in [0.25, 0.3) is 0 Å². The lowest BCUT2D eigenvalue weighted by Crippen LogP contribution is -2.63. The highest BCUT2D eigenvalue weighted by molar-refractivity contribution is 5.75. The number of carbonyl (C=O) groups is 2. The number of hydrogen-bond donors (Lipinski definition) is 3. The van der Waals surface area contributed by atoms with Crippen LogP contribution < -0.4 is 10.6 Å². The summed E-state index contributed by atoms with van der Waals surface area (Å²) in [4.78, 5) is 23.0. The molecule has 0 aromatic heterocycles. The van der Waals surface area contributed by atoms with Crippen LogP contribution in [0, 0.1) is 5.92 Å². The molecule has 1 amide bonds. The number of amides is 1. The highest BCUT2D eigenvalue weighted by atomic mass is 16.5. The van der Waals surface area contributed by atoms with Gasteiger partial charge in [0.1, 0.15) is 11.6 Å². The second-order valence-electron chi connectivity index (χ2n) is 6.14. The van der Waals surface area contributed by atoms with E-state index in [-0.39, 0.29) is 24.5 Å². The molecule has 7 heteroatoms. The van der Waals surface area contributed by atoms with Gasteiger partial charge in [-0.05, 0) is 26.2 Å². The molecule has 1 fully saturated rings. The van der Waals surface area contributed by atoms with Gasteiger partial charge in [-0.2, -0.15) is 0 Å². The summed E-state index contributed by atoms with van der Waals surface area (Å²) < 4.78 is 10.9. The summed E-state index contributed by atoms with van der Waals surface area (Å²) in [5.74, 6) is -1.12. The number of nitrogens with one attached hydrogen (secondary N) is 2. The van der Waals surface area contributed by atoms with Crippen LogP contribution in [0.5, 0.6) is 0 Å². The number of aliphatic carboxylic acids is 1. The molecule has 3 N–H and O–H groups in total. The molecule has 0 saturated carbocycles. The van der Waals surface area contributed by atoms with E-state index >= 15 is 0 Å². The molecular formula is C16H28N2O5. The van der Waals surface area contributed by atoms with Crippen LogP contribution in [0.25, 0.3) is 0 Å². The molecule has 7 nitrogen and oxygen atoms in total. The summed E-state index contributed by atoms with van der Waals surface area (Å²) in [7, 11) is 3.12. The zero-order chi connectivity index (χ0) is 17.6. The van der Waals surface area contributed by atoms with E-state index in [1.165, 1.54) is 6.92 Å². The monoisotopic (exact) mass is 328 g/mol. The highest BCUT2D eigenvalue weighted by Crippen LogP contribution is 2.30. The van der Waals surface area contributed by atoms with Crippen molar-refractivity contribution >= 4 is 11.9 Å². The molecule has 1 aliphatic rings. The van der Waals surface area contributed by atoms with Crippen LogP contribution in [0.15, 0.2) is 12.2 Å². The van der Waals surface area contributed by atoms with Crippen molar-refractivity contribution in [1.82, 2.24) is 10.6 Å². The van der Waals surface area contributed by atoms with Crippen molar-refractivity contribution in [2.24, 2.45) is 5.92 Å². The molecule has 5 atom stereocenters. The molecule has 0 aromatic carbocycles. The molecular weight excluding hydrogens is 300 g/mol. The summed E-state index contributed by atoms with van der Waals surface area (Å²) in [6.45, 7) is 5.44. The van der Waals surface area contributed by atoms with Crippen LogP contribution in [-0.4, -0.2) is 61.5 Å². The van der Waals surface area contributed by atoms with Gasteiger partial charge in [-0.3, -0.25) is 14.9 Å². The second kappa shape index (κ2) is 8.42. The Balaban J connectivity index is 3.16. The van der Waals surface area contributed by atoms with E-state index in [9.17, 15) is 14.7 Å². The minimum atomic E-state index is -0.894. The summed E-state index contributed by atoms with van der Waals surface area (Å²) in [6, 6.07) is -1.35. The van der Waals surface area contributed by atoms with E-state index in [1.54, 1.807) is 14.2 Å². The van der Waals surface area contributed by atoms with Gasteiger partial charge >= 0.3 is 5.97 Å². The van der Waals surface area contributed by atoms with Crippen LogP contribution in [0.4, 0.5) is 0 Å². The number of hydrogen-bond acceptors (Lipinski definition) is 5. The fraction of sp³-hybridized carbons (Fsp3) is 0.750. The maximum absolute atomic E-state index is 11.7. The van der Waals surface area contributed by atoms with E-state index < -0.39 is 23.7 Å². The van der Waals surface area contributed by atoms with Crippen molar-refractivity contribution in [1.29, 1.82) is 0 Å². The minimum Gasteiger partial charge on any atom is -0.480 e. The average Bonchev–Trinajstić information content (AvgIpc) is 2.89. The minimum absolute atomic E-state index is 0.0238. The quantitative estimate of drug-likeness (QED) is 0.563. The predicted octanol–water partition coefficient (Wildman–Crippen LogP) is 0.550. The Labute approximate surface area is 137 Å². The van der Waals surface area contributed by atoms with Gasteiger partial charge in [0.2, 0.25) is 5.91 Å². The van der Waals surface area contributed by atoms with E-state index in [4.69, 9.17) is 9.47 Å². The van der Waals surface area contributed by atoms with Crippen molar-refractivity contribution in [3.63, 3.8) is 0 Å². The van der Waals surface area contributed by atoms with Gasteiger partial charge in [-0.15, -0.1) is 0 Å². The van der Waals surface area contributed by atoms with E-state index in [0.29, 0.717) is 6.42 Å². The summed E-state index contributed by atoms with van der Waals surface area (Å²) in [5, 5.41) is 15.4. The highest BCUT2D eigenvalue weighted by Gasteiger charge is 2.48. The Morgan fingerprint density at radius 2 is 2.13 bits per heavy atom. The first-order chi connectivity index (χ1) is 10.8. The van der Waals surface area contributed by atoms with Crippen molar-refractivity contribution in [3.8, 4) is 0 Å². The zero-order valence-corrected chi connectivity index (χ0v) is 14.5. The Morgan fingerprint density at radius 3 is 2.57 bits per heavy atom. The van der Waals surface area contributed by atoms with Gasteiger partial charge in [0.05, 0.1) is 12.6 Å². The number of carbonyl (C=O) groups excluding carboxylic acids is 1. The molecule has 0 unspecified atom stereocenters. The molecule has 0 aliphatic carbocycles. The summed E-state index contributed by atoms with van der Waals surface area (Å²) in [6.07, 6.45) is 4.33. The fourth-order valence-electron chi connectivity index (χ4n) is 3.21. The number of ether oxygens (including phenoxy) is 2. The largest absolute Gasteiger partial charge is 0.480 e. The van der Waals surface area contributed by atoms with Crippen molar-refractivity contribution in [2.75, 3.05) is 20.8 Å². The van der Waals surface area contributed by atoms with Gasteiger partial charge in [-0.25, -0.2) is 0 Å². The van der Waals surface area contributed by atoms with Crippen LogP contribution >= 0.6 is 0 Å². The van der Waals surface area contributed by atoms with E-state index in [1.807, 2.05) is 26.0 Å². The smallest absolute Gasteiger partial charge is 0.320 e. The molecule has 0 radical (unpaired) electrons. The van der Waals surface area contributed by atoms with Crippen LogP contribution in [0.2, 0.25) is 0 Å². The van der Waals surface area contributed by atoms with Crippen molar-refractivity contribution in [2.45, 2.75) is 50.9 Å². The third-order valence-corrected chi connectivity index (χ3v) is 4.37. The predicted molar refractivity (Wildman–Crippen MR) is 86.2 cm³/mol. The molecule has 0 spiro atoms. The first kappa shape index (κ1) is 19.6. The Morgan fingerprint density at radius 1 is 1.48 bits per heavy atom. The lowest BCUT2D eigenvalue weighted by molar-refractivity contribution is -0.139.